The number of carbonyl (C=O) groups is 1. The number of nitrogens with one attached hydrogen (secondary N) is 2. The summed E-state index contributed by atoms with van der Waals surface area (Å²) in [7, 11) is 0. The third kappa shape index (κ3) is 3.37. The molecular weight excluding hydrogens is 247 g/mol. The Labute approximate surface area is 106 Å². The van der Waals surface area contributed by atoms with Crippen LogP contribution >= 0.6 is 24.0 Å². The van der Waals surface area contributed by atoms with E-state index in [9.17, 15) is 4.79 Å². The van der Waals surface area contributed by atoms with Gasteiger partial charge in [-0.3, -0.25) is 4.79 Å². The highest BCUT2D eigenvalue weighted by atomic mass is 35.5. The van der Waals surface area contributed by atoms with Crippen LogP contribution in [0.15, 0.2) is 24.3 Å². The molecule has 1 aromatic rings. The van der Waals surface area contributed by atoms with E-state index in [1.807, 2.05) is 12.1 Å². The molecule has 0 bridgehead atoms. The summed E-state index contributed by atoms with van der Waals surface area (Å²) in [5.74, 6) is 0.159. The molecule has 1 amide bonds. The fourth-order valence-electron chi connectivity index (χ4n) is 1.69. The van der Waals surface area contributed by atoms with E-state index in [0.29, 0.717) is 5.02 Å². The minimum Gasteiger partial charge on any atom is -0.326 e. The van der Waals surface area contributed by atoms with Crippen molar-refractivity contribution in [1.82, 2.24) is 5.32 Å². The molecule has 2 N–H and O–H groups in total. The van der Waals surface area contributed by atoms with E-state index in [1.165, 1.54) is 0 Å². The highest BCUT2D eigenvalue weighted by molar-refractivity contribution is 6.30. The minimum absolute atomic E-state index is 0. The monoisotopic (exact) mass is 260 g/mol. The molecule has 3 nitrogen and oxygen atoms in total. The number of benzene rings is 1. The van der Waals surface area contributed by atoms with Crippen molar-refractivity contribution in [3.05, 3.63) is 29.3 Å². The van der Waals surface area contributed by atoms with Gasteiger partial charge in [-0.1, -0.05) is 17.7 Å². The van der Waals surface area contributed by atoms with Crippen LogP contribution < -0.4 is 10.6 Å². The van der Waals surface area contributed by atoms with Crippen LogP contribution in [0.1, 0.15) is 6.42 Å². The molecule has 1 aliphatic heterocycles. The van der Waals surface area contributed by atoms with E-state index < -0.39 is 0 Å². The van der Waals surface area contributed by atoms with Crippen molar-refractivity contribution < 1.29 is 4.79 Å². The van der Waals surface area contributed by atoms with Crippen molar-refractivity contribution in [3.63, 3.8) is 0 Å². The van der Waals surface area contributed by atoms with Crippen molar-refractivity contribution in [1.29, 1.82) is 0 Å². The lowest BCUT2D eigenvalue weighted by Gasteiger charge is -2.09. The van der Waals surface area contributed by atoms with Crippen LogP contribution in [0.25, 0.3) is 0 Å². The summed E-state index contributed by atoms with van der Waals surface area (Å²) in [6.07, 6.45) is 0.909. The number of carbonyl (C=O) groups excluding carboxylic acids is 1. The Kier molecular flexibility index (Phi) is 5.06. The number of halogens is 2. The third-order valence-corrected chi connectivity index (χ3v) is 2.76. The average molecular weight is 261 g/mol. The third-order valence-electron chi connectivity index (χ3n) is 2.52. The van der Waals surface area contributed by atoms with E-state index in [1.54, 1.807) is 12.1 Å². The Morgan fingerprint density at radius 3 is 2.94 bits per heavy atom. The van der Waals surface area contributed by atoms with E-state index in [0.717, 1.165) is 25.2 Å². The van der Waals surface area contributed by atoms with Gasteiger partial charge < -0.3 is 10.6 Å². The van der Waals surface area contributed by atoms with Gasteiger partial charge >= 0.3 is 0 Å². The first-order valence-electron chi connectivity index (χ1n) is 5.03. The maximum absolute atomic E-state index is 11.7. The van der Waals surface area contributed by atoms with Crippen LogP contribution in [0.5, 0.6) is 0 Å². The van der Waals surface area contributed by atoms with Crippen molar-refractivity contribution in [2.75, 3.05) is 18.4 Å². The largest absolute Gasteiger partial charge is 0.326 e. The fraction of sp³-hybridized carbons (Fsp3) is 0.364. The first kappa shape index (κ1) is 13.3. The average Bonchev–Trinajstić information content (AvgIpc) is 2.70. The fourth-order valence-corrected chi connectivity index (χ4v) is 1.88. The van der Waals surface area contributed by atoms with Gasteiger partial charge in [0.05, 0.1) is 5.92 Å². The Morgan fingerprint density at radius 2 is 2.31 bits per heavy atom. The van der Waals surface area contributed by atoms with E-state index in [4.69, 9.17) is 11.6 Å². The van der Waals surface area contributed by atoms with Crippen LogP contribution in [-0.4, -0.2) is 19.0 Å². The molecule has 1 fully saturated rings. The Hall–Kier alpha value is -0.770. The summed E-state index contributed by atoms with van der Waals surface area (Å²) >= 11 is 5.82. The maximum atomic E-state index is 11.7. The molecule has 1 aliphatic rings. The highest BCUT2D eigenvalue weighted by Gasteiger charge is 2.22. The Bertz CT molecular complexity index is 365. The lowest BCUT2D eigenvalue weighted by Crippen LogP contribution is -2.24. The quantitative estimate of drug-likeness (QED) is 0.857. The van der Waals surface area contributed by atoms with Crippen LogP contribution in [0, 0.1) is 5.92 Å². The molecule has 16 heavy (non-hydrogen) atoms. The van der Waals surface area contributed by atoms with Crippen LogP contribution in [0.4, 0.5) is 5.69 Å². The van der Waals surface area contributed by atoms with Gasteiger partial charge in [-0.15, -0.1) is 12.4 Å². The summed E-state index contributed by atoms with van der Waals surface area (Å²) in [5, 5.41) is 6.66. The molecule has 1 aromatic carbocycles. The predicted molar refractivity (Wildman–Crippen MR) is 68.3 cm³/mol. The first-order chi connectivity index (χ1) is 7.25. The molecule has 88 valence electrons. The number of amides is 1. The zero-order valence-electron chi connectivity index (χ0n) is 8.70. The molecule has 0 saturated carbocycles. The van der Waals surface area contributed by atoms with Gasteiger partial charge in [0.2, 0.25) is 5.91 Å². The minimum atomic E-state index is 0. The van der Waals surface area contributed by atoms with Gasteiger partial charge in [-0.05, 0) is 31.2 Å². The molecule has 1 saturated heterocycles. The Morgan fingerprint density at radius 1 is 1.50 bits per heavy atom. The van der Waals surface area contributed by atoms with Gasteiger partial charge in [0, 0.05) is 17.3 Å². The summed E-state index contributed by atoms with van der Waals surface area (Å²) in [4.78, 5) is 11.7. The van der Waals surface area contributed by atoms with Crippen molar-refractivity contribution in [3.8, 4) is 0 Å². The lowest BCUT2D eigenvalue weighted by molar-refractivity contribution is -0.119. The van der Waals surface area contributed by atoms with Gasteiger partial charge in [0.1, 0.15) is 0 Å². The lowest BCUT2D eigenvalue weighted by atomic mass is 10.1. The molecule has 2 rings (SSSR count). The van der Waals surface area contributed by atoms with E-state index >= 15 is 0 Å². The second-order valence-corrected chi connectivity index (χ2v) is 4.13. The molecule has 0 spiro atoms. The molecule has 5 heteroatoms. The molecular formula is C11H14Cl2N2O. The van der Waals surface area contributed by atoms with E-state index in [-0.39, 0.29) is 24.2 Å². The zero-order chi connectivity index (χ0) is 10.7. The normalized spacial score (nSPS) is 18.9. The van der Waals surface area contributed by atoms with Crippen molar-refractivity contribution in [2.24, 2.45) is 5.92 Å². The number of rotatable bonds is 2. The topological polar surface area (TPSA) is 41.1 Å². The number of hydrogen-bond donors (Lipinski definition) is 2. The second kappa shape index (κ2) is 6.09. The van der Waals surface area contributed by atoms with Crippen LogP contribution in [0.3, 0.4) is 0 Å². The SMILES string of the molecule is Cl.O=C(Nc1cccc(Cl)c1)C1CCNC1. The molecule has 0 aliphatic carbocycles. The number of hydrogen-bond acceptors (Lipinski definition) is 2. The molecule has 0 radical (unpaired) electrons. The second-order valence-electron chi connectivity index (χ2n) is 3.69. The van der Waals surface area contributed by atoms with E-state index in [2.05, 4.69) is 10.6 Å². The molecule has 0 aromatic heterocycles. The van der Waals surface area contributed by atoms with Crippen LogP contribution in [0.2, 0.25) is 5.02 Å². The summed E-state index contributed by atoms with van der Waals surface area (Å²) in [6.45, 7) is 1.69. The summed E-state index contributed by atoms with van der Waals surface area (Å²) < 4.78 is 0. The first-order valence-corrected chi connectivity index (χ1v) is 5.40. The standard InChI is InChI=1S/C11H13ClN2O.ClH/c12-9-2-1-3-10(6-9)14-11(15)8-4-5-13-7-8;/h1-3,6,8,13H,4-5,7H2,(H,14,15);1H. The van der Waals surface area contributed by atoms with Crippen molar-refractivity contribution in [2.45, 2.75) is 6.42 Å². The predicted octanol–water partition coefficient (Wildman–Crippen LogP) is 2.31. The maximum Gasteiger partial charge on any atom is 0.228 e. The number of anilines is 1. The Balaban J connectivity index is 0.00000128. The van der Waals surface area contributed by atoms with Gasteiger partial charge in [-0.2, -0.15) is 0 Å². The molecule has 1 unspecified atom stereocenters. The highest BCUT2D eigenvalue weighted by Crippen LogP contribution is 2.17. The van der Waals surface area contributed by atoms with Crippen molar-refractivity contribution >= 4 is 35.6 Å². The summed E-state index contributed by atoms with van der Waals surface area (Å²) in [5.41, 5.74) is 0.763. The molecule has 1 atom stereocenters. The van der Waals surface area contributed by atoms with Gasteiger partial charge in [0.15, 0.2) is 0 Å². The zero-order valence-corrected chi connectivity index (χ0v) is 10.3. The van der Waals surface area contributed by atoms with Crippen LogP contribution in [-0.2, 0) is 4.79 Å². The smallest absolute Gasteiger partial charge is 0.228 e. The molecule has 1 heterocycles. The van der Waals surface area contributed by atoms with Gasteiger partial charge in [-0.25, -0.2) is 0 Å². The summed E-state index contributed by atoms with van der Waals surface area (Å²) in [6, 6.07) is 7.20. The van der Waals surface area contributed by atoms with Gasteiger partial charge in [0.25, 0.3) is 0 Å².